The second-order valence-corrected chi connectivity index (χ2v) is 7.10. The normalized spacial score (nSPS) is 11.4. The topological polar surface area (TPSA) is 85.4 Å². The number of aromatic nitrogens is 1. The van der Waals surface area contributed by atoms with E-state index in [1.165, 1.54) is 0 Å². The predicted octanol–water partition coefficient (Wildman–Crippen LogP) is 5.61. The van der Waals surface area contributed by atoms with Gasteiger partial charge in [-0.3, -0.25) is 4.79 Å². The van der Waals surface area contributed by atoms with E-state index < -0.39 is 5.91 Å². The SMILES string of the molecule is CCCn1c(O)c(N=NC(=O)COc2ccc3ccccc3c2)c2cc(OC)ccc21. The van der Waals surface area contributed by atoms with Crippen LogP contribution in [0.2, 0.25) is 0 Å². The number of nitrogens with zero attached hydrogens (tertiary/aromatic N) is 3. The summed E-state index contributed by atoms with van der Waals surface area (Å²) < 4.78 is 12.6. The first-order chi connectivity index (χ1) is 15.1. The van der Waals surface area contributed by atoms with Crippen molar-refractivity contribution in [2.75, 3.05) is 13.7 Å². The van der Waals surface area contributed by atoms with Gasteiger partial charge in [-0.05, 0) is 47.5 Å². The number of hydrogen-bond donors (Lipinski definition) is 1. The maximum absolute atomic E-state index is 12.3. The first kappa shape index (κ1) is 20.4. The van der Waals surface area contributed by atoms with Gasteiger partial charge in [0.15, 0.2) is 12.3 Å². The molecule has 0 unspecified atom stereocenters. The van der Waals surface area contributed by atoms with Crippen molar-refractivity contribution in [2.45, 2.75) is 19.9 Å². The Hall–Kier alpha value is -3.87. The Morgan fingerprint density at radius 2 is 1.81 bits per heavy atom. The smallest absolute Gasteiger partial charge is 0.302 e. The summed E-state index contributed by atoms with van der Waals surface area (Å²) in [5, 5.41) is 21.2. The number of rotatable bonds is 7. The second-order valence-electron chi connectivity index (χ2n) is 7.10. The molecule has 31 heavy (non-hydrogen) atoms. The van der Waals surface area contributed by atoms with E-state index in [2.05, 4.69) is 10.2 Å². The van der Waals surface area contributed by atoms with Gasteiger partial charge in [0.2, 0.25) is 5.88 Å². The van der Waals surface area contributed by atoms with Crippen LogP contribution in [-0.4, -0.2) is 29.3 Å². The zero-order valence-electron chi connectivity index (χ0n) is 17.4. The van der Waals surface area contributed by atoms with Gasteiger partial charge < -0.3 is 19.1 Å². The number of aromatic hydroxyl groups is 1. The fraction of sp³-hybridized carbons (Fsp3) is 0.208. The number of fused-ring (bicyclic) bond motifs is 2. The van der Waals surface area contributed by atoms with Crippen molar-refractivity contribution in [1.29, 1.82) is 0 Å². The fourth-order valence-corrected chi connectivity index (χ4v) is 3.51. The molecule has 0 saturated carbocycles. The number of azo groups is 1. The quantitative estimate of drug-likeness (QED) is 0.396. The summed E-state index contributed by atoms with van der Waals surface area (Å²) in [4.78, 5) is 12.3. The highest BCUT2D eigenvalue weighted by atomic mass is 16.5. The van der Waals surface area contributed by atoms with E-state index in [1.54, 1.807) is 17.7 Å². The molecule has 0 bridgehead atoms. The minimum absolute atomic E-state index is 0.0305. The molecule has 0 saturated heterocycles. The van der Waals surface area contributed by atoms with Crippen LogP contribution in [0.15, 0.2) is 70.9 Å². The number of benzene rings is 3. The Balaban J connectivity index is 1.54. The van der Waals surface area contributed by atoms with Crippen LogP contribution in [0, 0.1) is 0 Å². The minimum atomic E-state index is -0.549. The van der Waals surface area contributed by atoms with Crippen molar-refractivity contribution >= 4 is 33.3 Å². The third-order valence-electron chi connectivity index (χ3n) is 5.01. The number of carbonyl (C=O) groups excluding carboxylic acids is 1. The summed E-state index contributed by atoms with van der Waals surface area (Å²) in [6, 6.07) is 19.0. The lowest BCUT2D eigenvalue weighted by molar-refractivity contribution is -0.120. The second kappa shape index (κ2) is 8.87. The van der Waals surface area contributed by atoms with E-state index in [1.807, 2.05) is 61.5 Å². The largest absolute Gasteiger partial charge is 0.497 e. The van der Waals surface area contributed by atoms with Crippen LogP contribution in [0.1, 0.15) is 13.3 Å². The van der Waals surface area contributed by atoms with Crippen molar-refractivity contribution in [3.8, 4) is 17.4 Å². The number of carbonyl (C=O) groups is 1. The highest BCUT2D eigenvalue weighted by Gasteiger charge is 2.17. The van der Waals surface area contributed by atoms with Crippen LogP contribution in [0.4, 0.5) is 5.69 Å². The number of ether oxygens (including phenoxy) is 2. The molecule has 0 spiro atoms. The van der Waals surface area contributed by atoms with Gasteiger partial charge in [-0.15, -0.1) is 10.2 Å². The van der Waals surface area contributed by atoms with Crippen molar-refractivity contribution < 1.29 is 19.4 Å². The molecular weight excluding hydrogens is 394 g/mol. The Kier molecular flexibility index (Phi) is 5.84. The molecule has 3 aromatic carbocycles. The van der Waals surface area contributed by atoms with Gasteiger partial charge in [0.1, 0.15) is 11.5 Å². The maximum atomic E-state index is 12.3. The van der Waals surface area contributed by atoms with Gasteiger partial charge in [0, 0.05) is 11.9 Å². The zero-order chi connectivity index (χ0) is 21.8. The number of hydrogen-bond acceptors (Lipinski definition) is 5. The van der Waals surface area contributed by atoms with E-state index in [9.17, 15) is 9.90 Å². The molecule has 0 aliphatic heterocycles. The molecule has 1 aromatic heterocycles. The van der Waals surface area contributed by atoms with Gasteiger partial charge in [-0.25, -0.2) is 0 Å². The molecule has 0 fully saturated rings. The molecule has 0 radical (unpaired) electrons. The average molecular weight is 417 g/mol. The first-order valence-corrected chi connectivity index (χ1v) is 10.1. The highest BCUT2D eigenvalue weighted by molar-refractivity contribution is 5.96. The summed E-state index contributed by atoms with van der Waals surface area (Å²) in [5.41, 5.74) is 1.04. The molecule has 1 N–H and O–H groups in total. The van der Waals surface area contributed by atoms with Crippen molar-refractivity contribution in [3.05, 3.63) is 60.7 Å². The van der Waals surface area contributed by atoms with Gasteiger partial charge >= 0.3 is 5.91 Å². The third-order valence-corrected chi connectivity index (χ3v) is 5.01. The van der Waals surface area contributed by atoms with Gasteiger partial charge in [0.25, 0.3) is 0 Å². The van der Waals surface area contributed by atoms with E-state index in [-0.39, 0.29) is 18.2 Å². The van der Waals surface area contributed by atoms with Gasteiger partial charge in [-0.2, -0.15) is 0 Å². The van der Waals surface area contributed by atoms with E-state index in [0.717, 1.165) is 22.7 Å². The van der Waals surface area contributed by atoms with Gasteiger partial charge in [-0.1, -0.05) is 37.3 Å². The Labute approximate surface area is 179 Å². The number of amides is 1. The van der Waals surface area contributed by atoms with E-state index in [4.69, 9.17) is 9.47 Å². The molecule has 7 heteroatoms. The molecule has 0 aliphatic rings. The highest BCUT2D eigenvalue weighted by Crippen LogP contribution is 2.40. The summed E-state index contributed by atoms with van der Waals surface area (Å²) >= 11 is 0. The zero-order valence-corrected chi connectivity index (χ0v) is 17.4. The van der Waals surface area contributed by atoms with Gasteiger partial charge in [0.05, 0.1) is 12.6 Å². The first-order valence-electron chi connectivity index (χ1n) is 10.1. The number of aryl methyl sites for hydroxylation is 1. The van der Waals surface area contributed by atoms with Crippen molar-refractivity contribution in [1.82, 2.24) is 4.57 Å². The summed E-state index contributed by atoms with van der Waals surface area (Å²) in [6.45, 7) is 2.38. The summed E-state index contributed by atoms with van der Waals surface area (Å²) in [6.07, 6.45) is 0.832. The van der Waals surface area contributed by atoms with Crippen molar-refractivity contribution in [3.63, 3.8) is 0 Å². The summed E-state index contributed by atoms with van der Waals surface area (Å²) in [7, 11) is 1.57. The predicted molar refractivity (Wildman–Crippen MR) is 119 cm³/mol. The molecule has 0 atom stereocenters. The van der Waals surface area contributed by atoms with Crippen LogP contribution < -0.4 is 9.47 Å². The molecule has 1 heterocycles. The van der Waals surface area contributed by atoms with Crippen LogP contribution in [0.3, 0.4) is 0 Å². The Morgan fingerprint density at radius 1 is 1.03 bits per heavy atom. The van der Waals surface area contributed by atoms with Crippen LogP contribution in [0.25, 0.3) is 21.7 Å². The fourth-order valence-electron chi connectivity index (χ4n) is 3.51. The third kappa shape index (κ3) is 4.21. The lowest BCUT2D eigenvalue weighted by Crippen LogP contribution is -2.07. The van der Waals surface area contributed by atoms with Crippen LogP contribution >= 0.6 is 0 Å². The van der Waals surface area contributed by atoms with Crippen LogP contribution in [-0.2, 0) is 11.3 Å². The lowest BCUT2D eigenvalue weighted by Gasteiger charge is -2.05. The van der Waals surface area contributed by atoms with E-state index in [0.29, 0.717) is 23.4 Å². The number of methoxy groups -OCH3 is 1. The Bertz CT molecular complexity index is 1280. The molecule has 4 rings (SSSR count). The van der Waals surface area contributed by atoms with E-state index >= 15 is 0 Å². The molecule has 7 nitrogen and oxygen atoms in total. The molecule has 1 amide bonds. The standard InChI is InChI=1S/C24H23N3O4/c1-3-12-27-21-11-10-18(30-2)14-20(21)23(24(27)29)26-25-22(28)15-31-19-9-8-16-6-4-5-7-17(16)13-19/h4-11,13-14,29H,3,12,15H2,1-2H3. The molecular formula is C24H23N3O4. The van der Waals surface area contributed by atoms with Crippen molar-refractivity contribution in [2.24, 2.45) is 10.2 Å². The molecule has 158 valence electrons. The molecule has 4 aromatic rings. The van der Waals surface area contributed by atoms with Crippen LogP contribution in [0.5, 0.6) is 17.4 Å². The lowest BCUT2D eigenvalue weighted by atomic mass is 10.1. The summed E-state index contributed by atoms with van der Waals surface area (Å²) in [5.74, 6) is 0.627. The average Bonchev–Trinajstić information content (AvgIpc) is 3.06. The Morgan fingerprint density at radius 3 is 2.58 bits per heavy atom. The monoisotopic (exact) mass is 417 g/mol. The minimum Gasteiger partial charge on any atom is -0.497 e. The maximum Gasteiger partial charge on any atom is 0.302 e. The molecule has 0 aliphatic carbocycles.